The summed E-state index contributed by atoms with van der Waals surface area (Å²) in [6.07, 6.45) is 4.85. The molecule has 1 aromatic rings. The first kappa shape index (κ1) is 21.4. The van der Waals surface area contributed by atoms with Gasteiger partial charge in [0.25, 0.3) is 5.91 Å². The summed E-state index contributed by atoms with van der Waals surface area (Å²) in [5.41, 5.74) is 0.896. The highest BCUT2D eigenvalue weighted by molar-refractivity contribution is 7.89. The highest BCUT2D eigenvalue weighted by atomic mass is 32.2. The fourth-order valence-electron chi connectivity index (χ4n) is 3.15. The molecule has 0 saturated heterocycles. The van der Waals surface area contributed by atoms with E-state index in [1.165, 1.54) is 12.1 Å². The predicted molar refractivity (Wildman–Crippen MR) is 104 cm³/mol. The third-order valence-corrected chi connectivity index (χ3v) is 6.07. The molecule has 2 amide bonds. The first-order valence-corrected chi connectivity index (χ1v) is 10.9. The van der Waals surface area contributed by atoms with E-state index in [9.17, 15) is 18.0 Å². The number of carbonyl (C=O) groups is 2. The van der Waals surface area contributed by atoms with E-state index in [0.717, 1.165) is 32.1 Å². The van der Waals surface area contributed by atoms with Crippen molar-refractivity contribution < 1.29 is 18.0 Å². The Kier molecular flexibility index (Phi) is 7.38. The van der Waals surface area contributed by atoms with Gasteiger partial charge in [0.1, 0.15) is 0 Å². The first-order valence-electron chi connectivity index (χ1n) is 9.39. The van der Waals surface area contributed by atoms with Gasteiger partial charge in [-0.15, -0.1) is 0 Å². The van der Waals surface area contributed by atoms with Gasteiger partial charge in [0.05, 0.1) is 11.4 Å². The Bertz CT molecular complexity index is 784. The van der Waals surface area contributed by atoms with Gasteiger partial charge in [0.2, 0.25) is 15.9 Å². The largest absolute Gasteiger partial charge is 0.352 e. The van der Waals surface area contributed by atoms with Crippen LogP contribution in [0.3, 0.4) is 0 Å². The van der Waals surface area contributed by atoms with Crippen molar-refractivity contribution in [1.29, 1.82) is 0 Å². The SMILES string of the molecule is Cc1ccc(S(=O)(=O)NC2CCCCC2)cc1C(=O)NCC(=O)NC(C)C. The lowest BCUT2D eigenvalue weighted by molar-refractivity contribution is -0.120. The van der Waals surface area contributed by atoms with Crippen LogP contribution >= 0.6 is 0 Å². The standard InChI is InChI=1S/C19H29N3O4S/c1-13(2)21-18(23)12-20-19(24)17-11-16(10-9-14(17)3)27(25,26)22-15-7-5-4-6-8-15/h9-11,13,15,22H,4-8,12H2,1-3H3,(H,20,24)(H,21,23). The van der Waals surface area contributed by atoms with Crippen LogP contribution in [0.15, 0.2) is 23.1 Å². The number of hydrogen-bond donors (Lipinski definition) is 3. The molecule has 0 bridgehead atoms. The monoisotopic (exact) mass is 395 g/mol. The molecule has 0 spiro atoms. The molecule has 27 heavy (non-hydrogen) atoms. The van der Waals surface area contributed by atoms with Crippen LogP contribution in [0.2, 0.25) is 0 Å². The lowest BCUT2D eigenvalue weighted by Gasteiger charge is -2.22. The van der Waals surface area contributed by atoms with Crippen LogP contribution in [0.1, 0.15) is 61.9 Å². The van der Waals surface area contributed by atoms with Crippen LogP contribution in [0, 0.1) is 6.92 Å². The van der Waals surface area contributed by atoms with Gasteiger partial charge in [-0.05, 0) is 51.3 Å². The average Bonchev–Trinajstić information content (AvgIpc) is 2.59. The van der Waals surface area contributed by atoms with E-state index in [2.05, 4.69) is 15.4 Å². The van der Waals surface area contributed by atoms with Crippen molar-refractivity contribution in [1.82, 2.24) is 15.4 Å². The Morgan fingerprint density at radius 3 is 2.44 bits per heavy atom. The van der Waals surface area contributed by atoms with Gasteiger partial charge in [0.15, 0.2) is 0 Å². The molecule has 0 aromatic heterocycles. The van der Waals surface area contributed by atoms with Crippen molar-refractivity contribution in [3.8, 4) is 0 Å². The number of carbonyl (C=O) groups excluding carboxylic acids is 2. The second kappa shape index (κ2) is 9.32. The molecule has 2 rings (SSSR count). The first-order chi connectivity index (χ1) is 12.7. The van der Waals surface area contributed by atoms with E-state index in [-0.39, 0.29) is 35.0 Å². The zero-order chi connectivity index (χ0) is 20.0. The van der Waals surface area contributed by atoms with Crippen LogP contribution < -0.4 is 15.4 Å². The molecule has 0 radical (unpaired) electrons. The molecule has 150 valence electrons. The maximum Gasteiger partial charge on any atom is 0.252 e. The number of amides is 2. The second-order valence-corrected chi connectivity index (χ2v) is 9.05. The van der Waals surface area contributed by atoms with Gasteiger partial charge in [-0.3, -0.25) is 9.59 Å². The number of aryl methyl sites for hydroxylation is 1. The number of nitrogens with one attached hydrogen (secondary N) is 3. The van der Waals surface area contributed by atoms with Crippen LogP contribution in [-0.4, -0.2) is 38.9 Å². The zero-order valence-electron chi connectivity index (χ0n) is 16.2. The van der Waals surface area contributed by atoms with Gasteiger partial charge in [-0.2, -0.15) is 0 Å². The number of rotatable bonds is 7. The van der Waals surface area contributed by atoms with E-state index in [0.29, 0.717) is 5.56 Å². The fourth-order valence-corrected chi connectivity index (χ4v) is 4.48. The number of sulfonamides is 1. The van der Waals surface area contributed by atoms with Gasteiger partial charge in [-0.25, -0.2) is 13.1 Å². The molecule has 1 saturated carbocycles. The molecule has 1 aliphatic carbocycles. The summed E-state index contributed by atoms with van der Waals surface area (Å²) in [6, 6.07) is 4.41. The molecule has 0 atom stereocenters. The van der Waals surface area contributed by atoms with Gasteiger partial charge in [-0.1, -0.05) is 25.3 Å². The van der Waals surface area contributed by atoms with E-state index in [1.54, 1.807) is 13.0 Å². The van der Waals surface area contributed by atoms with Gasteiger partial charge in [0, 0.05) is 17.6 Å². The smallest absolute Gasteiger partial charge is 0.252 e. The predicted octanol–water partition coefficient (Wildman–Crippen LogP) is 1.86. The van der Waals surface area contributed by atoms with E-state index in [1.807, 2.05) is 13.8 Å². The van der Waals surface area contributed by atoms with Crippen molar-refractivity contribution in [2.75, 3.05) is 6.54 Å². The lowest BCUT2D eigenvalue weighted by Crippen LogP contribution is -2.40. The summed E-state index contributed by atoms with van der Waals surface area (Å²) in [6.45, 7) is 5.23. The highest BCUT2D eigenvalue weighted by Gasteiger charge is 2.23. The maximum atomic E-state index is 12.7. The average molecular weight is 396 g/mol. The van der Waals surface area contributed by atoms with E-state index < -0.39 is 15.9 Å². The molecule has 1 aliphatic rings. The quantitative estimate of drug-likeness (QED) is 0.655. The number of benzene rings is 1. The molecule has 1 aromatic carbocycles. The van der Waals surface area contributed by atoms with Gasteiger partial charge >= 0.3 is 0 Å². The zero-order valence-corrected chi connectivity index (χ0v) is 17.0. The van der Waals surface area contributed by atoms with E-state index >= 15 is 0 Å². The lowest BCUT2D eigenvalue weighted by atomic mass is 9.96. The second-order valence-electron chi connectivity index (χ2n) is 7.34. The van der Waals surface area contributed by atoms with Crippen LogP contribution in [0.25, 0.3) is 0 Å². The molecular weight excluding hydrogens is 366 g/mol. The molecule has 3 N–H and O–H groups in total. The van der Waals surface area contributed by atoms with Crippen molar-refractivity contribution in [2.45, 2.75) is 69.9 Å². The summed E-state index contributed by atoms with van der Waals surface area (Å²) >= 11 is 0. The topological polar surface area (TPSA) is 104 Å². The number of hydrogen-bond acceptors (Lipinski definition) is 4. The Morgan fingerprint density at radius 2 is 1.81 bits per heavy atom. The molecule has 0 aliphatic heterocycles. The molecule has 8 heteroatoms. The minimum atomic E-state index is -3.69. The molecule has 0 heterocycles. The Labute approximate surface area is 161 Å². The molecule has 7 nitrogen and oxygen atoms in total. The Hall–Kier alpha value is -1.93. The minimum Gasteiger partial charge on any atom is -0.352 e. The third-order valence-electron chi connectivity index (χ3n) is 4.55. The summed E-state index contributed by atoms with van der Waals surface area (Å²) in [5, 5.41) is 5.22. The molecule has 0 unspecified atom stereocenters. The summed E-state index contributed by atoms with van der Waals surface area (Å²) in [7, 11) is -3.69. The van der Waals surface area contributed by atoms with Crippen molar-refractivity contribution in [2.24, 2.45) is 0 Å². The fraction of sp³-hybridized carbons (Fsp3) is 0.579. The maximum absolute atomic E-state index is 12.7. The van der Waals surface area contributed by atoms with E-state index in [4.69, 9.17) is 0 Å². The van der Waals surface area contributed by atoms with Crippen LogP contribution in [-0.2, 0) is 14.8 Å². The summed E-state index contributed by atoms with van der Waals surface area (Å²) in [5.74, 6) is -0.764. The van der Waals surface area contributed by atoms with Crippen molar-refractivity contribution in [3.63, 3.8) is 0 Å². The van der Waals surface area contributed by atoms with Crippen LogP contribution in [0.4, 0.5) is 0 Å². The third kappa shape index (κ3) is 6.32. The Balaban J connectivity index is 2.10. The van der Waals surface area contributed by atoms with Crippen molar-refractivity contribution >= 4 is 21.8 Å². The molecular formula is C19H29N3O4S. The van der Waals surface area contributed by atoms with Gasteiger partial charge < -0.3 is 10.6 Å². The highest BCUT2D eigenvalue weighted by Crippen LogP contribution is 2.21. The summed E-state index contributed by atoms with van der Waals surface area (Å²) < 4.78 is 28.1. The molecule has 1 fully saturated rings. The minimum absolute atomic E-state index is 0.0181. The Morgan fingerprint density at radius 1 is 1.15 bits per heavy atom. The van der Waals surface area contributed by atoms with Crippen LogP contribution in [0.5, 0.6) is 0 Å². The summed E-state index contributed by atoms with van der Waals surface area (Å²) in [4.78, 5) is 24.2. The van der Waals surface area contributed by atoms with Crippen molar-refractivity contribution in [3.05, 3.63) is 29.3 Å². The normalized spacial score (nSPS) is 15.6.